The van der Waals surface area contributed by atoms with Gasteiger partial charge >= 0.3 is 0 Å². The third-order valence-electron chi connectivity index (χ3n) is 4.58. The van der Waals surface area contributed by atoms with Crippen molar-refractivity contribution >= 4 is 29.1 Å². The number of rotatable bonds is 5. The predicted octanol–water partition coefficient (Wildman–Crippen LogP) is 4.73. The van der Waals surface area contributed by atoms with Gasteiger partial charge in [0, 0.05) is 5.56 Å². The summed E-state index contributed by atoms with van der Waals surface area (Å²) >= 11 is 1.40. The molecule has 146 valence electrons. The van der Waals surface area contributed by atoms with Gasteiger partial charge in [0.1, 0.15) is 11.5 Å². The van der Waals surface area contributed by atoms with E-state index in [0.29, 0.717) is 17.3 Å². The van der Waals surface area contributed by atoms with Crippen LogP contribution in [0.2, 0.25) is 0 Å². The average molecular weight is 404 g/mol. The third-order valence-corrected chi connectivity index (χ3v) is 5.65. The van der Waals surface area contributed by atoms with Crippen LogP contribution in [-0.2, 0) is 11.2 Å². The zero-order valence-corrected chi connectivity index (χ0v) is 17.1. The van der Waals surface area contributed by atoms with Gasteiger partial charge in [-0.3, -0.25) is 4.79 Å². The normalized spacial score (nSPS) is 17.9. The molecular formula is C23H21N3O2S. The highest BCUT2D eigenvalue weighted by atomic mass is 32.2. The zero-order chi connectivity index (χ0) is 20.2. The molecule has 1 aromatic heterocycles. The summed E-state index contributed by atoms with van der Waals surface area (Å²) in [6.07, 6.45) is 2.21. The molecule has 2 aromatic carbocycles. The van der Waals surface area contributed by atoms with Crippen LogP contribution in [0.4, 0.5) is 0 Å². The van der Waals surface area contributed by atoms with Crippen molar-refractivity contribution in [2.75, 3.05) is 0 Å². The number of hydrogen-bond donors (Lipinski definition) is 1. The molecule has 2 heterocycles. The molecule has 4 rings (SSSR count). The first kappa shape index (κ1) is 19.2. The summed E-state index contributed by atoms with van der Waals surface area (Å²) in [6, 6.07) is 20.1. The average Bonchev–Trinajstić information content (AvgIpc) is 3.30. The molecule has 1 saturated heterocycles. The molecule has 0 unspecified atom stereocenters. The van der Waals surface area contributed by atoms with Gasteiger partial charge in [-0.15, -0.1) is 5.10 Å². The number of furan rings is 1. The molecule has 1 aliphatic rings. The van der Waals surface area contributed by atoms with Gasteiger partial charge in [0.25, 0.3) is 0 Å². The first-order valence-electron chi connectivity index (χ1n) is 9.38. The van der Waals surface area contributed by atoms with Crippen molar-refractivity contribution < 1.29 is 9.21 Å². The number of hydrogen-bond acceptors (Lipinski definition) is 5. The fraction of sp³-hybridized carbons (Fsp3) is 0.174. The number of thioether (sulfide) groups is 1. The van der Waals surface area contributed by atoms with E-state index in [4.69, 9.17) is 4.42 Å². The van der Waals surface area contributed by atoms with E-state index in [1.807, 2.05) is 61.5 Å². The Bertz CT molecular complexity index is 1080. The Balaban J connectivity index is 1.38. The Morgan fingerprint density at radius 2 is 1.90 bits per heavy atom. The molecule has 0 spiro atoms. The maximum Gasteiger partial charge on any atom is 0.239 e. The molecule has 1 fully saturated rings. The second-order valence-corrected chi connectivity index (χ2v) is 8.20. The van der Waals surface area contributed by atoms with E-state index in [-0.39, 0.29) is 11.2 Å². The second kappa shape index (κ2) is 8.49. The summed E-state index contributed by atoms with van der Waals surface area (Å²) in [5, 5.41) is 11.3. The monoisotopic (exact) mass is 403 g/mol. The minimum absolute atomic E-state index is 0.0369. The van der Waals surface area contributed by atoms with E-state index in [2.05, 4.69) is 28.5 Å². The quantitative estimate of drug-likeness (QED) is 0.495. The number of carbonyl (C=O) groups is 1. The van der Waals surface area contributed by atoms with Crippen LogP contribution in [-0.4, -0.2) is 22.5 Å². The van der Waals surface area contributed by atoms with Gasteiger partial charge in [0.15, 0.2) is 5.17 Å². The Morgan fingerprint density at radius 3 is 2.69 bits per heavy atom. The minimum atomic E-state index is -0.192. The summed E-state index contributed by atoms with van der Waals surface area (Å²) < 4.78 is 5.79. The highest BCUT2D eigenvalue weighted by molar-refractivity contribution is 8.15. The first-order valence-corrected chi connectivity index (χ1v) is 10.3. The Morgan fingerprint density at radius 1 is 1.07 bits per heavy atom. The lowest BCUT2D eigenvalue weighted by Crippen LogP contribution is -2.25. The summed E-state index contributed by atoms with van der Waals surface area (Å²) in [5.41, 5.74) is 4.54. The topological polar surface area (TPSA) is 67.0 Å². The SMILES string of the molecule is Cc1ccc(-c2ccc(/C=N/N=C3\NC(=O)[C@@H](Cc4cccc(C)c4)S3)o2)cc1. The number of benzene rings is 2. The minimum Gasteiger partial charge on any atom is -0.455 e. The van der Waals surface area contributed by atoms with Crippen molar-refractivity contribution in [2.24, 2.45) is 10.2 Å². The highest BCUT2D eigenvalue weighted by Crippen LogP contribution is 2.24. The molecule has 0 saturated carbocycles. The van der Waals surface area contributed by atoms with Gasteiger partial charge in [-0.25, -0.2) is 0 Å². The van der Waals surface area contributed by atoms with E-state index < -0.39 is 0 Å². The molecule has 3 aromatic rings. The van der Waals surface area contributed by atoms with E-state index in [0.717, 1.165) is 16.9 Å². The van der Waals surface area contributed by atoms with Gasteiger partial charge in [0.05, 0.1) is 11.5 Å². The molecule has 1 amide bonds. The summed E-state index contributed by atoms with van der Waals surface area (Å²) in [6.45, 7) is 4.10. The van der Waals surface area contributed by atoms with Crippen molar-refractivity contribution in [1.29, 1.82) is 0 Å². The second-order valence-electron chi connectivity index (χ2n) is 7.01. The van der Waals surface area contributed by atoms with Crippen LogP contribution in [0.15, 0.2) is 75.3 Å². The Kier molecular flexibility index (Phi) is 5.62. The number of amides is 1. The van der Waals surface area contributed by atoms with Crippen LogP contribution in [0.25, 0.3) is 11.3 Å². The van der Waals surface area contributed by atoms with Gasteiger partial charge in [-0.05, 0) is 38.0 Å². The lowest BCUT2D eigenvalue weighted by molar-refractivity contribution is -0.118. The molecule has 1 atom stereocenters. The van der Waals surface area contributed by atoms with Crippen molar-refractivity contribution in [3.05, 3.63) is 83.1 Å². The van der Waals surface area contributed by atoms with Crippen LogP contribution in [0.1, 0.15) is 22.5 Å². The molecule has 1 aliphatic heterocycles. The van der Waals surface area contributed by atoms with Gasteiger partial charge in [-0.1, -0.05) is 71.4 Å². The summed E-state index contributed by atoms with van der Waals surface area (Å²) in [7, 11) is 0. The number of nitrogens with one attached hydrogen (secondary N) is 1. The molecule has 29 heavy (non-hydrogen) atoms. The molecule has 0 radical (unpaired) electrons. The van der Waals surface area contributed by atoms with Crippen molar-refractivity contribution in [1.82, 2.24) is 5.32 Å². The Labute approximate surface area is 173 Å². The fourth-order valence-electron chi connectivity index (χ4n) is 3.07. The van der Waals surface area contributed by atoms with Crippen LogP contribution in [0, 0.1) is 13.8 Å². The van der Waals surface area contributed by atoms with Crippen LogP contribution < -0.4 is 5.32 Å². The van der Waals surface area contributed by atoms with Crippen LogP contribution in [0.5, 0.6) is 0 Å². The maximum atomic E-state index is 12.2. The van der Waals surface area contributed by atoms with E-state index in [1.165, 1.54) is 22.9 Å². The fourth-order valence-corrected chi connectivity index (χ4v) is 4.04. The predicted molar refractivity (Wildman–Crippen MR) is 118 cm³/mol. The largest absolute Gasteiger partial charge is 0.455 e. The first-order chi connectivity index (χ1) is 14.1. The van der Waals surface area contributed by atoms with Crippen molar-refractivity contribution in [3.8, 4) is 11.3 Å². The molecule has 0 bridgehead atoms. The van der Waals surface area contributed by atoms with Gasteiger partial charge in [0.2, 0.25) is 5.91 Å². The van der Waals surface area contributed by atoms with E-state index >= 15 is 0 Å². The van der Waals surface area contributed by atoms with Gasteiger partial charge < -0.3 is 9.73 Å². The lowest BCUT2D eigenvalue weighted by Gasteiger charge is -2.05. The van der Waals surface area contributed by atoms with Gasteiger partial charge in [-0.2, -0.15) is 5.10 Å². The number of nitrogens with zero attached hydrogens (tertiary/aromatic N) is 2. The molecule has 0 aliphatic carbocycles. The van der Waals surface area contributed by atoms with E-state index in [1.54, 1.807) is 6.21 Å². The van der Waals surface area contributed by atoms with Crippen LogP contribution in [0.3, 0.4) is 0 Å². The highest BCUT2D eigenvalue weighted by Gasteiger charge is 2.30. The maximum absolute atomic E-state index is 12.2. The smallest absolute Gasteiger partial charge is 0.239 e. The molecule has 5 nitrogen and oxygen atoms in total. The van der Waals surface area contributed by atoms with Crippen molar-refractivity contribution in [2.45, 2.75) is 25.5 Å². The third kappa shape index (κ3) is 4.84. The van der Waals surface area contributed by atoms with Crippen molar-refractivity contribution in [3.63, 3.8) is 0 Å². The van der Waals surface area contributed by atoms with Crippen LogP contribution >= 0.6 is 11.8 Å². The summed E-state index contributed by atoms with van der Waals surface area (Å²) in [5.74, 6) is 1.35. The number of amidine groups is 1. The summed E-state index contributed by atoms with van der Waals surface area (Å²) in [4.78, 5) is 12.2. The Hall–Kier alpha value is -3.12. The molecule has 6 heteroatoms. The number of aryl methyl sites for hydroxylation is 2. The molecule has 1 N–H and O–H groups in total. The lowest BCUT2D eigenvalue weighted by atomic mass is 10.1. The van der Waals surface area contributed by atoms with E-state index in [9.17, 15) is 4.79 Å². The zero-order valence-electron chi connectivity index (χ0n) is 16.3. The molecular weight excluding hydrogens is 382 g/mol. The number of carbonyl (C=O) groups excluding carboxylic acids is 1. The standard InChI is InChI=1S/C23H21N3O2S/c1-15-6-8-18(9-7-15)20-11-10-19(28-20)14-24-26-23-25-22(27)21(29-23)13-17-5-3-4-16(2)12-17/h3-12,14,21H,13H2,1-2H3,(H,25,26,27)/b24-14+/t21-/m1/s1.